The van der Waals surface area contributed by atoms with Gasteiger partial charge in [-0.25, -0.2) is 4.79 Å². The van der Waals surface area contributed by atoms with Gasteiger partial charge >= 0.3 is 5.97 Å². The van der Waals surface area contributed by atoms with Gasteiger partial charge in [0.05, 0.1) is 11.0 Å². The zero-order chi connectivity index (χ0) is 36.8. The predicted octanol–water partition coefficient (Wildman–Crippen LogP) is 7.02. The molecule has 1 saturated heterocycles. The summed E-state index contributed by atoms with van der Waals surface area (Å²) in [5.41, 5.74) is 0.319. The monoisotopic (exact) mass is 782 g/mol. The highest BCUT2D eigenvalue weighted by Crippen LogP contribution is 2.25. The van der Waals surface area contributed by atoms with Gasteiger partial charge in [0, 0.05) is 28.6 Å². The Morgan fingerprint density at radius 2 is 1.76 bits per heavy atom. The summed E-state index contributed by atoms with van der Waals surface area (Å²) in [4.78, 5) is 37.9. The molecule has 1 aromatic rings. The van der Waals surface area contributed by atoms with Gasteiger partial charge in [0.15, 0.2) is 6.10 Å². The van der Waals surface area contributed by atoms with E-state index in [1.807, 2.05) is 46.8 Å². The van der Waals surface area contributed by atoms with Crippen LogP contribution in [0, 0.1) is 11.3 Å². The second kappa shape index (κ2) is 20.0. The molecule has 1 aliphatic heterocycles. The minimum absolute atomic E-state index is 0.00839. The Hall–Kier alpha value is -3.03. The average molecular weight is 784 g/mol. The van der Waals surface area contributed by atoms with Crippen LogP contribution in [-0.2, 0) is 38.2 Å². The van der Waals surface area contributed by atoms with Crippen molar-refractivity contribution in [1.82, 2.24) is 10.6 Å². The van der Waals surface area contributed by atoms with E-state index in [-0.39, 0.29) is 35.7 Å². The van der Waals surface area contributed by atoms with Gasteiger partial charge in [-0.2, -0.15) is 8.42 Å². The van der Waals surface area contributed by atoms with E-state index in [4.69, 9.17) is 25.3 Å². The van der Waals surface area contributed by atoms with E-state index >= 15 is 0 Å². The Morgan fingerprint density at radius 3 is 2.35 bits per heavy atom. The standard InChI is InChI=1S/C36H48BrClN2O8S/c1-24(23-25(2)30-20-21-31(46-7)35(43)47-30)11-8-9-13-32(41)40-33(36(4,5)6)34(42)39-22-10-12-28(17-14-26(3)38)48-49(44,45)29-18-15-27(37)16-19-29/h8-11,13-16,18-19,22-23,25,28,30-31,33H,12,17,20-21H2,1-7H3,(H,39,42)(H,40,41)/b11-8-,13-9+,22-10-,24-23+,26-14+/t25-,28+,30-,31?,33+/m0/s1. The van der Waals surface area contributed by atoms with Crippen LogP contribution in [0.3, 0.4) is 0 Å². The smallest absolute Gasteiger partial charge is 0.335 e. The molecule has 10 nitrogen and oxygen atoms in total. The number of carbonyl (C=O) groups is 3. The van der Waals surface area contributed by atoms with Gasteiger partial charge in [-0.3, -0.25) is 13.8 Å². The largest absolute Gasteiger partial charge is 0.460 e. The highest BCUT2D eigenvalue weighted by molar-refractivity contribution is 9.10. The second-order valence-electron chi connectivity index (χ2n) is 12.9. The van der Waals surface area contributed by atoms with Crippen molar-refractivity contribution in [1.29, 1.82) is 0 Å². The maximum Gasteiger partial charge on any atom is 0.335 e. The lowest BCUT2D eigenvalue weighted by Gasteiger charge is -2.30. The second-order valence-corrected chi connectivity index (χ2v) is 16.0. The number of rotatable bonds is 16. The zero-order valence-corrected chi connectivity index (χ0v) is 32.2. The molecule has 1 fully saturated rings. The highest BCUT2D eigenvalue weighted by atomic mass is 79.9. The van der Waals surface area contributed by atoms with Gasteiger partial charge in [-0.15, -0.1) is 0 Å². The molecule has 0 radical (unpaired) electrons. The van der Waals surface area contributed by atoms with Crippen molar-refractivity contribution in [3.63, 3.8) is 0 Å². The molecule has 49 heavy (non-hydrogen) atoms. The number of methoxy groups -OCH3 is 1. The van der Waals surface area contributed by atoms with Crippen molar-refractivity contribution in [2.24, 2.45) is 11.3 Å². The minimum atomic E-state index is -4.05. The van der Waals surface area contributed by atoms with E-state index in [1.165, 1.54) is 31.5 Å². The molecule has 1 aliphatic rings. The van der Waals surface area contributed by atoms with E-state index in [9.17, 15) is 22.8 Å². The lowest BCUT2D eigenvalue weighted by Crippen LogP contribution is -2.52. The van der Waals surface area contributed by atoms with Gasteiger partial charge in [-0.05, 0) is 75.4 Å². The molecule has 2 rings (SSSR count). The Morgan fingerprint density at radius 1 is 1.10 bits per heavy atom. The molecule has 1 heterocycles. The predicted molar refractivity (Wildman–Crippen MR) is 195 cm³/mol. The van der Waals surface area contributed by atoms with Gasteiger partial charge in [0.1, 0.15) is 12.1 Å². The fourth-order valence-corrected chi connectivity index (χ4v) is 6.29. The number of benzene rings is 1. The van der Waals surface area contributed by atoms with Crippen LogP contribution in [0.5, 0.6) is 0 Å². The molecule has 1 aromatic carbocycles. The van der Waals surface area contributed by atoms with Gasteiger partial charge in [0.2, 0.25) is 11.8 Å². The molecule has 0 aliphatic carbocycles. The van der Waals surface area contributed by atoms with E-state index in [2.05, 4.69) is 26.6 Å². The average Bonchev–Trinajstić information content (AvgIpc) is 3.02. The third-order valence-corrected chi connectivity index (χ3v) is 9.60. The van der Waals surface area contributed by atoms with Crippen LogP contribution in [0.15, 0.2) is 93.0 Å². The first-order chi connectivity index (χ1) is 22.9. The summed E-state index contributed by atoms with van der Waals surface area (Å²) < 4.78 is 42.6. The van der Waals surface area contributed by atoms with Crippen LogP contribution in [0.25, 0.3) is 0 Å². The Bertz CT molecular complexity index is 1540. The number of cyclic esters (lactones) is 1. The van der Waals surface area contributed by atoms with Crippen molar-refractivity contribution in [3.05, 3.63) is 88.1 Å². The normalized spacial score (nSPS) is 20.0. The van der Waals surface area contributed by atoms with Crippen LogP contribution < -0.4 is 10.6 Å². The van der Waals surface area contributed by atoms with E-state index < -0.39 is 45.6 Å². The summed E-state index contributed by atoms with van der Waals surface area (Å²) in [7, 11) is -2.55. The van der Waals surface area contributed by atoms with E-state index in [0.29, 0.717) is 11.5 Å². The molecule has 13 heteroatoms. The molecule has 2 amide bonds. The topological polar surface area (TPSA) is 137 Å². The van der Waals surface area contributed by atoms with E-state index in [1.54, 1.807) is 43.4 Å². The van der Waals surface area contributed by atoms with Crippen LogP contribution in [0.4, 0.5) is 0 Å². The van der Waals surface area contributed by atoms with Crippen LogP contribution in [0.1, 0.15) is 67.2 Å². The third kappa shape index (κ3) is 15.2. The van der Waals surface area contributed by atoms with Crippen LogP contribution in [0.2, 0.25) is 0 Å². The van der Waals surface area contributed by atoms with Crippen molar-refractivity contribution in [2.75, 3.05) is 7.11 Å². The molecule has 2 N–H and O–H groups in total. The van der Waals surface area contributed by atoms with Gasteiger partial charge < -0.3 is 20.1 Å². The highest BCUT2D eigenvalue weighted by Gasteiger charge is 2.33. The van der Waals surface area contributed by atoms with Gasteiger partial charge in [-0.1, -0.05) is 97.3 Å². The maximum absolute atomic E-state index is 13.1. The Labute approximate surface area is 304 Å². The van der Waals surface area contributed by atoms with Crippen LogP contribution in [-0.4, -0.2) is 57.7 Å². The molecule has 0 bridgehead atoms. The molecule has 270 valence electrons. The Balaban J connectivity index is 1.97. The number of ether oxygens (including phenoxy) is 2. The lowest BCUT2D eigenvalue weighted by atomic mass is 9.86. The van der Waals surface area contributed by atoms with Gasteiger partial charge in [0.25, 0.3) is 10.1 Å². The first-order valence-electron chi connectivity index (χ1n) is 16.0. The number of amides is 2. The quantitative estimate of drug-likeness (QED) is 0.0791. The lowest BCUT2D eigenvalue weighted by molar-refractivity contribution is -0.171. The minimum Gasteiger partial charge on any atom is -0.460 e. The number of esters is 1. The molecular weight excluding hydrogens is 736 g/mol. The molecule has 0 saturated carbocycles. The third-order valence-electron chi connectivity index (χ3n) is 7.54. The molecule has 1 unspecified atom stereocenters. The number of hydrogen-bond donors (Lipinski definition) is 2. The summed E-state index contributed by atoms with van der Waals surface area (Å²) in [6.45, 7) is 11.1. The first kappa shape index (κ1) is 42.1. The Kier molecular flexibility index (Phi) is 17.2. The maximum atomic E-state index is 13.1. The van der Waals surface area contributed by atoms with Crippen molar-refractivity contribution in [2.45, 2.75) is 96.5 Å². The SMILES string of the molecule is COC1CC[C@@H]([C@@H](C)/C=C(C)/C=C\C=C\C(=O)N[C@H](C(=O)N/C=C\C[C@H](C/C=C(\C)Cl)OS(=O)(=O)c2ccc(Br)cc2)C(C)(C)C)OC1=O. The summed E-state index contributed by atoms with van der Waals surface area (Å²) in [5.74, 6) is -1.22. The number of halogens is 2. The molecule has 5 atom stereocenters. The fourth-order valence-electron chi connectivity index (χ4n) is 4.84. The number of hydrogen-bond acceptors (Lipinski definition) is 8. The first-order valence-corrected chi connectivity index (χ1v) is 18.5. The summed E-state index contributed by atoms with van der Waals surface area (Å²) in [6.07, 6.45) is 13.4. The number of nitrogens with one attached hydrogen (secondary N) is 2. The number of allylic oxidation sites excluding steroid dienone is 5. The molecule has 0 aromatic heterocycles. The van der Waals surface area contributed by atoms with Crippen LogP contribution >= 0.6 is 27.5 Å². The zero-order valence-electron chi connectivity index (χ0n) is 29.1. The summed E-state index contributed by atoms with van der Waals surface area (Å²) in [5, 5.41) is 5.93. The fraction of sp³-hybridized carbons (Fsp3) is 0.472. The van der Waals surface area contributed by atoms with Crippen molar-refractivity contribution >= 4 is 55.4 Å². The number of carbonyl (C=O) groups excluding carboxylic acids is 3. The summed E-state index contributed by atoms with van der Waals surface area (Å²) in [6, 6.07) is 5.23. The van der Waals surface area contributed by atoms with E-state index in [0.717, 1.165) is 16.5 Å². The molecular formula is C36H48BrClN2O8S. The van der Waals surface area contributed by atoms with Crippen molar-refractivity contribution in [3.8, 4) is 0 Å². The summed E-state index contributed by atoms with van der Waals surface area (Å²) >= 11 is 9.26. The molecule has 0 spiro atoms. The van der Waals surface area contributed by atoms with Crippen molar-refractivity contribution < 1.29 is 36.5 Å².